The smallest absolute Gasteiger partial charge is 0.257 e. The van der Waals surface area contributed by atoms with Crippen LogP contribution >= 0.6 is 11.6 Å². The van der Waals surface area contributed by atoms with E-state index in [4.69, 9.17) is 11.6 Å². The number of pyridine rings is 1. The number of carbonyl (C=O) groups is 1. The van der Waals surface area contributed by atoms with E-state index in [1.807, 2.05) is 36.1 Å². The van der Waals surface area contributed by atoms with E-state index in [1.54, 1.807) is 6.20 Å². The number of amides is 1. The molecule has 1 aliphatic rings. The second-order valence-corrected chi connectivity index (χ2v) is 5.86. The van der Waals surface area contributed by atoms with Crippen molar-refractivity contribution >= 4 is 17.5 Å². The number of rotatable bonds is 2. The molecule has 1 aromatic carbocycles. The van der Waals surface area contributed by atoms with E-state index in [2.05, 4.69) is 17.1 Å². The van der Waals surface area contributed by atoms with Crippen LogP contribution in [0.15, 0.2) is 42.6 Å². The second kappa shape index (κ2) is 5.86. The minimum absolute atomic E-state index is 0.0189. The fraction of sp³-hybridized carbons (Fsp3) is 0.294. The predicted octanol–water partition coefficient (Wildman–Crippen LogP) is 3.67. The maximum absolute atomic E-state index is 12.6. The summed E-state index contributed by atoms with van der Waals surface area (Å²) in [4.78, 5) is 18.5. The summed E-state index contributed by atoms with van der Waals surface area (Å²) in [7, 11) is 0. The third-order valence-electron chi connectivity index (χ3n) is 3.95. The summed E-state index contributed by atoms with van der Waals surface area (Å²) in [5.41, 5.74) is 2.74. The van der Waals surface area contributed by atoms with Gasteiger partial charge in [0.1, 0.15) is 5.15 Å². The molecule has 0 aliphatic carbocycles. The van der Waals surface area contributed by atoms with Crippen LogP contribution in [0.2, 0.25) is 5.15 Å². The molecule has 0 bridgehead atoms. The number of hydrogen-bond acceptors (Lipinski definition) is 2. The molecule has 3 nitrogen and oxygen atoms in total. The normalized spacial score (nSPS) is 18.0. The van der Waals surface area contributed by atoms with Gasteiger partial charge in [0.25, 0.3) is 5.91 Å². The number of carbonyl (C=O) groups excluding carboxylic acids is 1. The van der Waals surface area contributed by atoms with Crippen molar-refractivity contribution in [3.05, 3.63) is 64.4 Å². The molecular formula is C17H17ClN2O. The van der Waals surface area contributed by atoms with Gasteiger partial charge in [0.15, 0.2) is 0 Å². The van der Waals surface area contributed by atoms with Crippen LogP contribution in [-0.2, 0) is 0 Å². The maximum Gasteiger partial charge on any atom is 0.257 e. The van der Waals surface area contributed by atoms with Crippen LogP contribution in [0.25, 0.3) is 0 Å². The summed E-state index contributed by atoms with van der Waals surface area (Å²) in [5, 5.41) is 0.286. The number of aryl methyl sites for hydroxylation is 1. The van der Waals surface area contributed by atoms with Crippen LogP contribution in [0, 0.1) is 6.92 Å². The average molecular weight is 301 g/mol. The van der Waals surface area contributed by atoms with Gasteiger partial charge in [0, 0.05) is 25.2 Å². The van der Waals surface area contributed by atoms with Gasteiger partial charge in [-0.15, -0.1) is 0 Å². The molecule has 3 rings (SSSR count). The Balaban J connectivity index is 1.77. The van der Waals surface area contributed by atoms with E-state index in [1.165, 1.54) is 5.56 Å². The topological polar surface area (TPSA) is 33.2 Å². The van der Waals surface area contributed by atoms with Gasteiger partial charge in [0.2, 0.25) is 0 Å². The van der Waals surface area contributed by atoms with Gasteiger partial charge in [-0.05, 0) is 30.5 Å². The van der Waals surface area contributed by atoms with E-state index >= 15 is 0 Å². The van der Waals surface area contributed by atoms with E-state index in [-0.39, 0.29) is 11.1 Å². The molecule has 1 unspecified atom stereocenters. The molecule has 1 atom stereocenters. The SMILES string of the molecule is Cc1cnc(Cl)c(C(=O)N2CCC(c3ccccc3)C2)c1. The molecule has 0 radical (unpaired) electrons. The molecule has 1 aliphatic heterocycles. The Morgan fingerprint density at radius 1 is 1.33 bits per heavy atom. The molecule has 1 amide bonds. The van der Waals surface area contributed by atoms with Crippen molar-refractivity contribution in [1.82, 2.24) is 9.88 Å². The summed E-state index contributed by atoms with van der Waals surface area (Å²) >= 11 is 6.06. The van der Waals surface area contributed by atoms with Crippen molar-refractivity contribution < 1.29 is 4.79 Å². The Kier molecular flexibility index (Phi) is 3.93. The third-order valence-corrected chi connectivity index (χ3v) is 4.25. The fourth-order valence-corrected chi connectivity index (χ4v) is 3.00. The lowest BCUT2D eigenvalue weighted by Gasteiger charge is -2.17. The number of hydrogen-bond donors (Lipinski definition) is 0. The lowest BCUT2D eigenvalue weighted by molar-refractivity contribution is 0.0790. The molecule has 1 aromatic heterocycles. The molecule has 4 heteroatoms. The highest BCUT2D eigenvalue weighted by atomic mass is 35.5. The highest BCUT2D eigenvalue weighted by molar-refractivity contribution is 6.32. The summed E-state index contributed by atoms with van der Waals surface area (Å²) < 4.78 is 0. The minimum Gasteiger partial charge on any atom is -0.338 e. The number of benzene rings is 1. The van der Waals surface area contributed by atoms with Crippen LogP contribution in [0.4, 0.5) is 0 Å². The van der Waals surface area contributed by atoms with Crippen molar-refractivity contribution in [3.8, 4) is 0 Å². The monoisotopic (exact) mass is 300 g/mol. The molecule has 2 aromatic rings. The van der Waals surface area contributed by atoms with Crippen molar-refractivity contribution in [2.45, 2.75) is 19.3 Å². The van der Waals surface area contributed by atoms with Crippen LogP contribution in [0.1, 0.15) is 33.8 Å². The van der Waals surface area contributed by atoms with Gasteiger partial charge >= 0.3 is 0 Å². The Morgan fingerprint density at radius 3 is 2.86 bits per heavy atom. The first-order chi connectivity index (χ1) is 10.1. The zero-order valence-corrected chi connectivity index (χ0v) is 12.7. The van der Waals surface area contributed by atoms with Crippen LogP contribution in [-0.4, -0.2) is 28.9 Å². The summed E-state index contributed by atoms with van der Waals surface area (Å²) in [5.74, 6) is 0.390. The number of halogens is 1. The molecule has 1 fully saturated rings. The van der Waals surface area contributed by atoms with Gasteiger partial charge in [-0.3, -0.25) is 4.79 Å². The highest BCUT2D eigenvalue weighted by Gasteiger charge is 2.29. The predicted molar refractivity (Wildman–Crippen MR) is 83.7 cm³/mol. The summed E-state index contributed by atoms with van der Waals surface area (Å²) in [6, 6.07) is 12.2. The lowest BCUT2D eigenvalue weighted by atomic mass is 9.99. The van der Waals surface area contributed by atoms with Crippen LogP contribution < -0.4 is 0 Å². The van der Waals surface area contributed by atoms with Gasteiger partial charge < -0.3 is 4.90 Å². The largest absolute Gasteiger partial charge is 0.338 e. The number of likely N-dealkylation sites (tertiary alicyclic amines) is 1. The molecule has 2 heterocycles. The van der Waals surface area contributed by atoms with Crippen molar-refractivity contribution in [1.29, 1.82) is 0 Å². The van der Waals surface area contributed by atoms with Crippen molar-refractivity contribution in [2.75, 3.05) is 13.1 Å². The summed E-state index contributed by atoms with van der Waals surface area (Å²) in [6.45, 7) is 3.42. The maximum atomic E-state index is 12.6. The Bertz CT molecular complexity index is 657. The first kappa shape index (κ1) is 14.1. The molecule has 21 heavy (non-hydrogen) atoms. The third kappa shape index (κ3) is 2.93. The molecule has 108 valence electrons. The van der Waals surface area contributed by atoms with Crippen molar-refractivity contribution in [3.63, 3.8) is 0 Å². The van der Waals surface area contributed by atoms with E-state index < -0.39 is 0 Å². The highest BCUT2D eigenvalue weighted by Crippen LogP contribution is 2.28. The van der Waals surface area contributed by atoms with E-state index in [9.17, 15) is 4.79 Å². The lowest BCUT2D eigenvalue weighted by Crippen LogP contribution is -2.29. The standard InChI is InChI=1S/C17H17ClN2O/c1-12-9-15(16(18)19-10-12)17(21)20-8-7-14(11-20)13-5-3-2-4-6-13/h2-6,9-10,14H,7-8,11H2,1H3. The molecule has 1 saturated heterocycles. The first-order valence-electron chi connectivity index (χ1n) is 7.11. The van der Waals surface area contributed by atoms with E-state index in [0.717, 1.165) is 25.1 Å². The molecular weight excluding hydrogens is 284 g/mol. The molecule has 0 saturated carbocycles. The van der Waals surface area contributed by atoms with Crippen LogP contribution in [0.5, 0.6) is 0 Å². The number of aromatic nitrogens is 1. The minimum atomic E-state index is -0.0189. The average Bonchev–Trinajstić information content (AvgIpc) is 3.00. The quantitative estimate of drug-likeness (QED) is 0.793. The Hall–Kier alpha value is -1.87. The van der Waals surface area contributed by atoms with Crippen LogP contribution in [0.3, 0.4) is 0 Å². The van der Waals surface area contributed by atoms with E-state index in [0.29, 0.717) is 11.5 Å². The number of nitrogens with zero attached hydrogens (tertiary/aromatic N) is 2. The Morgan fingerprint density at radius 2 is 2.10 bits per heavy atom. The van der Waals surface area contributed by atoms with Gasteiger partial charge in [-0.2, -0.15) is 0 Å². The fourth-order valence-electron chi connectivity index (χ4n) is 2.81. The first-order valence-corrected chi connectivity index (χ1v) is 7.49. The second-order valence-electron chi connectivity index (χ2n) is 5.50. The molecule has 0 spiro atoms. The zero-order chi connectivity index (χ0) is 14.8. The van der Waals surface area contributed by atoms with Crippen molar-refractivity contribution in [2.24, 2.45) is 0 Å². The van der Waals surface area contributed by atoms with Gasteiger partial charge in [-0.25, -0.2) is 4.98 Å². The molecule has 0 N–H and O–H groups in total. The summed E-state index contributed by atoms with van der Waals surface area (Å²) in [6.07, 6.45) is 2.67. The van der Waals surface area contributed by atoms with Gasteiger partial charge in [0.05, 0.1) is 5.56 Å². The van der Waals surface area contributed by atoms with Gasteiger partial charge in [-0.1, -0.05) is 41.9 Å². The zero-order valence-electron chi connectivity index (χ0n) is 11.9. The Labute approximate surface area is 129 Å².